The van der Waals surface area contributed by atoms with E-state index in [2.05, 4.69) is 11.2 Å². The summed E-state index contributed by atoms with van der Waals surface area (Å²) >= 11 is 0. The molecule has 2 aliphatic rings. The number of aliphatic hydroxyl groups is 1. The van der Waals surface area contributed by atoms with E-state index >= 15 is 0 Å². The Kier molecular flexibility index (Phi) is 2.89. The Morgan fingerprint density at radius 3 is 2.83 bits per heavy atom. The SMILES string of the molecule is C#CC1NCC2C1CCCC2(O)c1ccccc1. The molecule has 0 bridgehead atoms. The Balaban J connectivity index is 1.96. The van der Waals surface area contributed by atoms with Gasteiger partial charge in [0.1, 0.15) is 0 Å². The van der Waals surface area contributed by atoms with Crippen LogP contribution in [0.3, 0.4) is 0 Å². The quantitative estimate of drug-likeness (QED) is 0.736. The van der Waals surface area contributed by atoms with E-state index in [1.807, 2.05) is 30.3 Å². The Hall–Kier alpha value is -1.30. The monoisotopic (exact) mass is 241 g/mol. The van der Waals surface area contributed by atoms with E-state index in [9.17, 15) is 5.11 Å². The molecule has 0 aromatic heterocycles. The molecular formula is C16H19NO. The van der Waals surface area contributed by atoms with Crippen molar-refractivity contribution in [2.24, 2.45) is 11.8 Å². The zero-order chi connectivity index (χ0) is 12.6. The summed E-state index contributed by atoms with van der Waals surface area (Å²) in [6.45, 7) is 0.824. The van der Waals surface area contributed by atoms with Crippen molar-refractivity contribution in [1.82, 2.24) is 5.32 Å². The third kappa shape index (κ3) is 1.67. The first kappa shape index (κ1) is 11.8. The number of benzene rings is 1. The average molecular weight is 241 g/mol. The van der Waals surface area contributed by atoms with Crippen LogP contribution < -0.4 is 5.32 Å². The first-order chi connectivity index (χ1) is 8.75. The van der Waals surface area contributed by atoms with Gasteiger partial charge < -0.3 is 10.4 Å². The van der Waals surface area contributed by atoms with Crippen LogP contribution in [0.4, 0.5) is 0 Å². The fraction of sp³-hybridized carbons (Fsp3) is 0.500. The highest BCUT2D eigenvalue weighted by molar-refractivity contribution is 5.26. The third-order valence-corrected chi connectivity index (χ3v) is 4.66. The molecule has 3 rings (SSSR count). The number of rotatable bonds is 1. The molecule has 1 aliphatic heterocycles. The summed E-state index contributed by atoms with van der Waals surface area (Å²) in [4.78, 5) is 0. The van der Waals surface area contributed by atoms with Crippen molar-refractivity contribution in [3.05, 3.63) is 35.9 Å². The molecule has 1 aliphatic carbocycles. The lowest BCUT2D eigenvalue weighted by molar-refractivity contribution is -0.0652. The molecule has 4 unspecified atom stereocenters. The van der Waals surface area contributed by atoms with E-state index in [4.69, 9.17) is 6.42 Å². The van der Waals surface area contributed by atoms with Crippen LogP contribution in [0, 0.1) is 24.2 Å². The lowest BCUT2D eigenvalue weighted by atomic mass is 9.66. The average Bonchev–Trinajstić information content (AvgIpc) is 2.84. The fourth-order valence-electron chi connectivity index (χ4n) is 3.74. The second-order valence-electron chi connectivity index (χ2n) is 5.51. The second-order valence-corrected chi connectivity index (χ2v) is 5.51. The molecule has 1 aromatic carbocycles. The van der Waals surface area contributed by atoms with Gasteiger partial charge in [-0.2, -0.15) is 0 Å². The van der Waals surface area contributed by atoms with E-state index in [-0.39, 0.29) is 12.0 Å². The number of hydrogen-bond acceptors (Lipinski definition) is 2. The van der Waals surface area contributed by atoms with Crippen LogP contribution in [-0.2, 0) is 5.60 Å². The Labute approximate surface area is 108 Å². The molecule has 2 N–H and O–H groups in total. The van der Waals surface area contributed by atoms with Crippen LogP contribution in [0.15, 0.2) is 30.3 Å². The molecule has 2 nitrogen and oxygen atoms in total. The van der Waals surface area contributed by atoms with E-state index in [1.54, 1.807) is 0 Å². The maximum absolute atomic E-state index is 11.1. The molecule has 1 heterocycles. The minimum Gasteiger partial charge on any atom is -0.385 e. The van der Waals surface area contributed by atoms with Gasteiger partial charge in [-0.15, -0.1) is 6.42 Å². The van der Waals surface area contributed by atoms with Gasteiger partial charge >= 0.3 is 0 Å². The van der Waals surface area contributed by atoms with Crippen molar-refractivity contribution in [1.29, 1.82) is 0 Å². The normalized spacial score (nSPS) is 39.0. The van der Waals surface area contributed by atoms with Crippen molar-refractivity contribution in [3.8, 4) is 12.3 Å². The predicted octanol–water partition coefficient (Wildman–Crippen LogP) is 1.90. The zero-order valence-electron chi connectivity index (χ0n) is 10.5. The minimum atomic E-state index is -0.706. The van der Waals surface area contributed by atoms with Gasteiger partial charge in [-0.3, -0.25) is 0 Å². The predicted molar refractivity (Wildman–Crippen MR) is 71.8 cm³/mol. The standard InChI is InChI=1S/C16H19NO/c1-2-15-13-9-6-10-16(18,14(13)11-17-15)12-7-4-3-5-8-12/h1,3-5,7-8,13-15,17-18H,6,9-11H2. The molecule has 2 fully saturated rings. The van der Waals surface area contributed by atoms with Gasteiger partial charge in [0.05, 0.1) is 11.6 Å². The van der Waals surface area contributed by atoms with Gasteiger partial charge in [-0.1, -0.05) is 36.3 Å². The molecule has 4 atom stereocenters. The number of nitrogens with one attached hydrogen (secondary N) is 1. The van der Waals surface area contributed by atoms with Gasteiger partial charge in [-0.05, 0) is 30.7 Å². The van der Waals surface area contributed by atoms with Crippen molar-refractivity contribution in [3.63, 3.8) is 0 Å². The third-order valence-electron chi connectivity index (χ3n) is 4.66. The van der Waals surface area contributed by atoms with Crippen LogP contribution in [-0.4, -0.2) is 17.7 Å². The maximum atomic E-state index is 11.1. The first-order valence-electron chi connectivity index (χ1n) is 6.73. The molecule has 2 heteroatoms. The summed E-state index contributed by atoms with van der Waals surface area (Å²) in [5.41, 5.74) is 0.335. The van der Waals surface area contributed by atoms with Crippen LogP contribution in [0.25, 0.3) is 0 Å². The first-order valence-corrected chi connectivity index (χ1v) is 6.73. The minimum absolute atomic E-state index is 0.130. The van der Waals surface area contributed by atoms with Gasteiger partial charge in [-0.25, -0.2) is 0 Å². The highest BCUT2D eigenvalue weighted by atomic mass is 16.3. The molecule has 1 saturated carbocycles. The smallest absolute Gasteiger partial charge is 0.0940 e. The second kappa shape index (κ2) is 4.42. The van der Waals surface area contributed by atoms with Crippen molar-refractivity contribution in [2.45, 2.75) is 30.9 Å². The van der Waals surface area contributed by atoms with E-state index < -0.39 is 5.60 Å². The van der Waals surface area contributed by atoms with Crippen molar-refractivity contribution >= 4 is 0 Å². The summed E-state index contributed by atoms with van der Waals surface area (Å²) in [5, 5.41) is 14.5. The summed E-state index contributed by atoms with van der Waals surface area (Å²) in [6, 6.07) is 10.2. The van der Waals surface area contributed by atoms with Gasteiger partial charge in [0, 0.05) is 12.5 Å². The molecule has 18 heavy (non-hydrogen) atoms. The lowest BCUT2D eigenvalue weighted by Crippen LogP contribution is -2.43. The topological polar surface area (TPSA) is 32.3 Å². The summed E-state index contributed by atoms with van der Waals surface area (Å²) in [6.07, 6.45) is 8.59. The van der Waals surface area contributed by atoms with Crippen LogP contribution >= 0.6 is 0 Å². The van der Waals surface area contributed by atoms with E-state index in [1.165, 1.54) is 0 Å². The molecule has 1 saturated heterocycles. The number of terminal acetylenes is 1. The molecule has 0 amide bonds. The maximum Gasteiger partial charge on any atom is 0.0940 e. The van der Waals surface area contributed by atoms with Gasteiger partial charge in [0.15, 0.2) is 0 Å². The van der Waals surface area contributed by atoms with Gasteiger partial charge in [0.2, 0.25) is 0 Å². The van der Waals surface area contributed by atoms with Gasteiger partial charge in [0.25, 0.3) is 0 Å². The Morgan fingerprint density at radius 1 is 1.33 bits per heavy atom. The van der Waals surface area contributed by atoms with Crippen molar-refractivity contribution < 1.29 is 5.11 Å². The highest BCUT2D eigenvalue weighted by Crippen LogP contribution is 2.47. The molecule has 94 valence electrons. The Bertz CT molecular complexity index is 464. The highest BCUT2D eigenvalue weighted by Gasteiger charge is 2.50. The fourth-order valence-corrected chi connectivity index (χ4v) is 3.74. The summed E-state index contributed by atoms with van der Waals surface area (Å²) < 4.78 is 0. The summed E-state index contributed by atoms with van der Waals surface area (Å²) in [7, 11) is 0. The number of fused-ring (bicyclic) bond motifs is 1. The van der Waals surface area contributed by atoms with E-state index in [0.29, 0.717) is 5.92 Å². The molecule has 1 aromatic rings. The molecular weight excluding hydrogens is 222 g/mol. The zero-order valence-corrected chi connectivity index (χ0v) is 10.5. The van der Waals surface area contributed by atoms with E-state index in [0.717, 1.165) is 31.4 Å². The molecule has 0 radical (unpaired) electrons. The molecule has 0 spiro atoms. The summed E-state index contributed by atoms with van der Waals surface area (Å²) in [5.74, 6) is 3.49. The number of hydrogen-bond donors (Lipinski definition) is 2. The Morgan fingerprint density at radius 2 is 2.11 bits per heavy atom. The lowest BCUT2D eigenvalue weighted by Gasteiger charge is -2.42. The van der Waals surface area contributed by atoms with Crippen LogP contribution in [0.5, 0.6) is 0 Å². The largest absolute Gasteiger partial charge is 0.385 e. The van der Waals surface area contributed by atoms with Crippen LogP contribution in [0.1, 0.15) is 24.8 Å². The van der Waals surface area contributed by atoms with Crippen molar-refractivity contribution in [2.75, 3.05) is 6.54 Å². The van der Waals surface area contributed by atoms with Crippen LogP contribution in [0.2, 0.25) is 0 Å².